The number of rotatable bonds is 6. The minimum atomic E-state index is -0.214. The maximum atomic E-state index is 12.9. The first-order valence-corrected chi connectivity index (χ1v) is 10.6. The SMILES string of the molecule is Cc1cc(C(=O)CSc2ccnc3ccccc23)c(C)n1NC(=O)c1ccccc1. The van der Waals surface area contributed by atoms with Crippen LogP contribution in [0.1, 0.15) is 32.1 Å². The zero-order chi connectivity index (χ0) is 21.1. The summed E-state index contributed by atoms with van der Waals surface area (Å²) < 4.78 is 1.68. The van der Waals surface area contributed by atoms with Crippen LogP contribution >= 0.6 is 11.8 Å². The lowest BCUT2D eigenvalue weighted by Crippen LogP contribution is -2.25. The highest BCUT2D eigenvalue weighted by Crippen LogP contribution is 2.27. The molecule has 1 amide bonds. The monoisotopic (exact) mass is 415 g/mol. The number of nitrogens with zero attached hydrogens (tertiary/aromatic N) is 2. The van der Waals surface area contributed by atoms with Gasteiger partial charge in [0.1, 0.15) is 0 Å². The van der Waals surface area contributed by atoms with Gasteiger partial charge in [-0.2, -0.15) is 0 Å². The van der Waals surface area contributed by atoms with Crippen molar-refractivity contribution in [1.82, 2.24) is 9.66 Å². The van der Waals surface area contributed by atoms with Crippen molar-refractivity contribution >= 4 is 34.4 Å². The van der Waals surface area contributed by atoms with E-state index < -0.39 is 0 Å². The van der Waals surface area contributed by atoms with E-state index in [-0.39, 0.29) is 11.7 Å². The summed E-state index contributed by atoms with van der Waals surface area (Å²) in [5.74, 6) is 0.119. The van der Waals surface area contributed by atoms with Gasteiger partial charge in [0.15, 0.2) is 5.78 Å². The molecule has 0 saturated carbocycles. The van der Waals surface area contributed by atoms with E-state index in [2.05, 4.69) is 10.4 Å². The zero-order valence-corrected chi connectivity index (χ0v) is 17.6. The molecule has 0 saturated heterocycles. The fourth-order valence-corrected chi connectivity index (χ4v) is 4.32. The minimum absolute atomic E-state index is 0.0224. The molecule has 6 heteroatoms. The first kappa shape index (κ1) is 19.9. The smallest absolute Gasteiger partial charge is 0.270 e. The van der Waals surface area contributed by atoms with Crippen molar-refractivity contribution in [2.45, 2.75) is 18.7 Å². The fraction of sp³-hybridized carbons (Fsp3) is 0.125. The Balaban J connectivity index is 1.51. The minimum Gasteiger partial charge on any atom is -0.293 e. The molecular formula is C24H21N3O2S. The summed E-state index contributed by atoms with van der Waals surface area (Å²) in [6.07, 6.45) is 1.76. The number of aromatic nitrogens is 2. The van der Waals surface area contributed by atoms with E-state index in [1.807, 2.05) is 68.4 Å². The number of fused-ring (bicyclic) bond motifs is 1. The Morgan fingerprint density at radius 3 is 2.53 bits per heavy atom. The normalized spacial score (nSPS) is 10.9. The number of carbonyl (C=O) groups is 2. The van der Waals surface area contributed by atoms with Gasteiger partial charge in [-0.25, -0.2) is 0 Å². The van der Waals surface area contributed by atoms with E-state index in [1.54, 1.807) is 23.0 Å². The van der Waals surface area contributed by atoms with Crippen LogP contribution in [0.15, 0.2) is 77.8 Å². The Kier molecular flexibility index (Phi) is 5.68. The molecule has 0 aliphatic rings. The molecule has 0 bridgehead atoms. The average molecular weight is 416 g/mol. The van der Waals surface area contributed by atoms with Gasteiger partial charge in [0, 0.05) is 39.0 Å². The van der Waals surface area contributed by atoms with Crippen molar-refractivity contribution in [3.63, 3.8) is 0 Å². The third-order valence-electron chi connectivity index (χ3n) is 4.95. The Labute approximate surface area is 179 Å². The molecule has 2 aromatic heterocycles. The fourth-order valence-electron chi connectivity index (χ4n) is 3.39. The van der Waals surface area contributed by atoms with Crippen molar-refractivity contribution in [3.05, 3.63) is 95.4 Å². The van der Waals surface area contributed by atoms with Gasteiger partial charge in [0.05, 0.1) is 11.3 Å². The Morgan fingerprint density at radius 1 is 1.00 bits per heavy atom. The summed E-state index contributed by atoms with van der Waals surface area (Å²) in [5.41, 5.74) is 6.51. The molecule has 4 aromatic rings. The molecule has 2 aromatic carbocycles. The highest BCUT2D eigenvalue weighted by Gasteiger charge is 2.18. The molecule has 0 unspecified atom stereocenters. The van der Waals surface area contributed by atoms with Crippen LogP contribution in [0.3, 0.4) is 0 Å². The van der Waals surface area contributed by atoms with Gasteiger partial charge in [-0.1, -0.05) is 36.4 Å². The highest BCUT2D eigenvalue weighted by atomic mass is 32.2. The molecule has 0 spiro atoms. The van der Waals surface area contributed by atoms with Gasteiger partial charge in [0.2, 0.25) is 0 Å². The van der Waals surface area contributed by atoms with E-state index in [0.29, 0.717) is 16.9 Å². The molecule has 0 atom stereocenters. The number of amides is 1. The summed E-state index contributed by atoms with van der Waals surface area (Å²) in [6.45, 7) is 3.72. The van der Waals surface area contributed by atoms with E-state index >= 15 is 0 Å². The van der Waals surface area contributed by atoms with Gasteiger partial charge in [-0.3, -0.25) is 24.7 Å². The van der Waals surface area contributed by atoms with E-state index in [0.717, 1.165) is 27.2 Å². The molecule has 4 rings (SSSR count). The van der Waals surface area contributed by atoms with Crippen LogP contribution in [-0.2, 0) is 0 Å². The number of hydrogen-bond donors (Lipinski definition) is 1. The number of aryl methyl sites for hydroxylation is 1. The number of pyridine rings is 1. The van der Waals surface area contributed by atoms with Crippen molar-refractivity contribution in [1.29, 1.82) is 0 Å². The number of hydrogen-bond acceptors (Lipinski definition) is 4. The van der Waals surface area contributed by atoms with Crippen molar-refractivity contribution in [2.75, 3.05) is 11.2 Å². The van der Waals surface area contributed by atoms with Gasteiger partial charge in [0.25, 0.3) is 5.91 Å². The third-order valence-corrected chi connectivity index (χ3v) is 6.02. The number of benzene rings is 2. The maximum Gasteiger partial charge on any atom is 0.270 e. The molecule has 30 heavy (non-hydrogen) atoms. The van der Waals surface area contributed by atoms with E-state index in [1.165, 1.54) is 11.8 Å². The van der Waals surface area contributed by atoms with Crippen LogP contribution in [0.4, 0.5) is 0 Å². The standard InChI is InChI=1S/C24H21N3O2S/c1-16-14-20(17(2)27(16)26-24(29)18-8-4-3-5-9-18)22(28)15-30-23-12-13-25-21-11-7-6-10-19(21)23/h3-14H,15H2,1-2H3,(H,26,29). The van der Waals surface area contributed by atoms with Crippen molar-refractivity contribution in [3.8, 4) is 0 Å². The maximum absolute atomic E-state index is 12.9. The number of para-hydroxylation sites is 1. The second kappa shape index (κ2) is 8.55. The summed E-state index contributed by atoms with van der Waals surface area (Å²) in [4.78, 5) is 30.8. The summed E-state index contributed by atoms with van der Waals surface area (Å²) in [7, 11) is 0. The molecule has 0 aliphatic carbocycles. The summed E-state index contributed by atoms with van der Waals surface area (Å²) in [6, 6.07) is 20.7. The van der Waals surface area contributed by atoms with E-state index in [9.17, 15) is 9.59 Å². The third kappa shape index (κ3) is 4.00. The van der Waals surface area contributed by atoms with Crippen LogP contribution in [0, 0.1) is 13.8 Å². The van der Waals surface area contributed by atoms with Crippen LogP contribution in [0.25, 0.3) is 10.9 Å². The molecule has 150 valence electrons. The molecule has 0 radical (unpaired) electrons. The second-order valence-electron chi connectivity index (χ2n) is 6.97. The molecule has 1 N–H and O–H groups in total. The molecular weight excluding hydrogens is 394 g/mol. The number of thioether (sulfide) groups is 1. The molecule has 0 fully saturated rings. The topological polar surface area (TPSA) is 64.0 Å². The second-order valence-corrected chi connectivity index (χ2v) is 7.98. The van der Waals surface area contributed by atoms with Crippen LogP contribution in [-0.4, -0.2) is 27.1 Å². The first-order chi connectivity index (χ1) is 14.5. The van der Waals surface area contributed by atoms with Gasteiger partial charge in [-0.05, 0) is 44.2 Å². The quantitative estimate of drug-likeness (QED) is 0.355. The average Bonchev–Trinajstić information content (AvgIpc) is 3.06. The zero-order valence-electron chi connectivity index (χ0n) is 16.8. The number of ketones is 1. The molecule has 5 nitrogen and oxygen atoms in total. The number of carbonyl (C=O) groups excluding carboxylic acids is 2. The van der Waals surface area contributed by atoms with Crippen LogP contribution < -0.4 is 5.43 Å². The Morgan fingerprint density at radius 2 is 1.73 bits per heavy atom. The summed E-state index contributed by atoms with van der Waals surface area (Å²) >= 11 is 1.50. The predicted octanol–water partition coefficient (Wildman–Crippen LogP) is 5.01. The molecule has 2 heterocycles. The van der Waals surface area contributed by atoms with Crippen LogP contribution in [0.2, 0.25) is 0 Å². The largest absolute Gasteiger partial charge is 0.293 e. The summed E-state index contributed by atoms with van der Waals surface area (Å²) in [5, 5.41) is 1.04. The lowest BCUT2D eigenvalue weighted by atomic mass is 10.2. The van der Waals surface area contributed by atoms with Gasteiger partial charge < -0.3 is 0 Å². The van der Waals surface area contributed by atoms with Crippen LogP contribution in [0.5, 0.6) is 0 Å². The number of nitrogens with one attached hydrogen (secondary N) is 1. The Hall–Kier alpha value is -3.38. The van der Waals surface area contributed by atoms with Crippen molar-refractivity contribution in [2.24, 2.45) is 0 Å². The Bertz CT molecular complexity index is 1230. The first-order valence-electron chi connectivity index (χ1n) is 9.59. The molecule has 0 aliphatic heterocycles. The predicted molar refractivity (Wildman–Crippen MR) is 121 cm³/mol. The number of Topliss-reactive ketones (excluding diaryl/α,β-unsaturated/α-hetero) is 1. The highest BCUT2D eigenvalue weighted by molar-refractivity contribution is 8.00. The van der Waals surface area contributed by atoms with Gasteiger partial charge >= 0.3 is 0 Å². The van der Waals surface area contributed by atoms with Crippen molar-refractivity contribution < 1.29 is 9.59 Å². The lowest BCUT2D eigenvalue weighted by molar-refractivity contribution is 0.0999. The van der Waals surface area contributed by atoms with E-state index in [4.69, 9.17) is 0 Å². The lowest BCUT2D eigenvalue weighted by Gasteiger charge is -2.11. The van der Waals surface area contributed by atoms with Gasteiger partial charge in [-0.15, -0.1) is 11.8 Å².